The van der Waals surface area contributed by atoms with E-state index in [0.29, 0.717) is 17.0 Å². The normalized spacial score (nSPS) is 19.6. The number of carbonyl (C=O) groups excluding carboxylic acids is 2. The van der Waals surface area contributed by atoms with E-state index >= 15 is 0 Å². The van der Waals surface area contributed by atoms with Gasteiger partial charge in [-0.3, -0.25) is 9.59 Å². The summed E-state index contributed by atoms with van der Waals surface area (Å²) >= 11 is 0. The van der Waals surface area contributed by atoms with Crippen LogP contribution in [-0.2, 0) is 11.8 Å². The van der Waals surface area contributed by atoms with Crippen LogP contribution >= 0.6 is 0 Å². The first-order valence-electron chi connectivity index (χ1n) is 8.13. The van der Waals surface area contributed by atoms with Crippen molar-refractivity contribution in [2.75, 3.05) is 18.5 Å². The van der Waals surface area contributed by atoms with Crippen molar-refractivity contribution >= 4 is 17.5 Å². The largest absolute Gasteiger partial charge is 0.481 e. The number of likely N-dealkylation sites (tertiary alicyclic amines) is 1. The van der Waals surface area contributed by atoms with Crippen molar-refractivity contribution in [3.63, 3.8) is 0 Å². The summed E-state index contributed by atoms with van der Waals surface area (Å²) in [7, 11) is 2.00. The number of amides is 2. The number of benzene rings is 1. The van der Waals surface area contributed by atoms with Gasteiger partial charge < -0.3 is 19.5 Å². The lowest BCUT2D eigenvalue weighted by atomic mass is 10.1. The number of para-hydroxylation sites is 1. The number of hydrogen-bond donors (Lipinski definition) is 1. The highest BCUT2D eigenvalue weighted by atomic mass is 16.5. The van der Waals surface area contributed by atoms with E-state index in [1.54, 1.807) is 18.2 Å². The van der Waals surface area contributed by atoms with Crippen LogP contribution < -0.4 is 10.1 Å². The second-order valence-electron chi connectivity index (χ2n) is 6.22. The fourth-order valence-electron chi connectivity index (χ4n) is 3.58. The first kappa shape index (κ1) is 14.8. The molecule has 1 fully saturated rings. The number of ether oxygens (including phenoxy) is 1. The molecule has 0 saturated carbocycles. The van der Waals surface area contributed by atoms with Crippen LogP contribution in [0.4, 0.5) is 5.69 Å². The molecule has 1 saturated heterocycles. The van der Waals surface area contributed by atoms with Crippen molar-refractivity contribution in [3.05, 3.63) is 47.8 Å². The summed E-state index contributed by atoms with van der Waals surface area (Å²) in [6.07, 6.45) is 3.93. The fourth-order valence-corrected chi connectivity index (χ4v) is 3.58. The number of nitrogens with one attached hydrogen (secondary N) is 1. The maximum Gasteiger partial charge on any atom is 0.262 e. The predicted molar refractivity (Wildman–Crippen MR) is 89.0 cm³/mol. The van der Waals surface area contributed by atoms with Gasteiger partial charge in [0.25, 0.3) is 11.8 Å². The highest BCUT2D eigenvalue weighted by molar-refractivity contribution is 6.03. The summed E-state index contributed by atoms with van der Waals surface area (Å²) in [5.74, 6) is 0.223. The Morgan fingerprint density at radius 3 is 2.96 bits per heavy atom. The van der Waals surface area contributed by atoms with E-state index in [4.69, 9.17) is 4.74 Å². The van der Waals surface area contributed by atoms with Gasteiger partial charge in [0.2, 0.25) is 0 Å². The van der Waals surface area contributed by atoms with E-state index in [1.165, 1.54) is 0 Å². The minimum atomic E-state index is -0.199. The zero-order valence-electron chi connectivity index (χ0n) is 13.5. The monoisotopic (exact) mass is 325 g/mol. The molecule has 2 aliphatic rings. The molecule has 124 valence electrons. The predicted octanol–water partition coefficient (Wildman–Crippen LogP) is 2.33. The summed E-state index contributed by atoms with van der Waals surface area (Å²) in [5.41, 5.74) is 2.21. The Morgan fingerprint density at radius 2 is 2.17 bits per heavy atom. The number of nitrogens with zero attached hydrogens (tertiary/aromatic N) is 2. The third kappa shape index (κ3) is 2.35. The molecule has 4 rings (SSSR count). The highest BCUT2D eigenvalue weighted by Gasteiger charge is 2.34. The summed E-state index contributed by atoms with van der Waals surface area (Å²) in [4.78, 5) is 26.5. The first-order chi connectivity index (χ1) is 11.6. The molecule has 1 aromatic heterocycles. The smallest absolute Gasteiger partial charge is 0.262 e. The van der Waals surface area contributed by atoms with E-state index in [-0.39, 0.29) is 24.5 Å². The number of aromatic nitrogens is 1. The molecule has 6 nitrogen and oxygen atoms in total. The standard InChI is InChI=1S/C18H19N3O3/c1-20-9-3-7-14(20)15-8-4-10-21(15)18(23)12-5-2-6-13-17(12)24-11-16(22)19-13/h2-3,5-7,9,15H,4,8,10-11H2,1H3,(H,19,22). The molecule has 2 aromatic rings. The van der Waals surface area contributed by atoms with Gasteiger partial charge in [0.05, 0.1) is 17.3 Å². The van der Waals surface area contributed by atoms with Gasteiger partial charge >= 0.3 is 0 Å². The molecule has 2 amide bonds. The number of hydrogen-bond acceptors (Lipinski definition) is 3. The summed E-state index contributed by atoms with van der Waals surface area (Å²) in [6.45, 7) is 0.670. The van der Waals surface area contributed by atoms with Crippen LogP contribution in [0.25, 0.3) is 0 Å². The van der Waals surface area contributed by atoms with Gasteiger partial charge in [0.15, 0.2) is 12.4 Å². The Kier molecular flexibility index (Phi) is 3.52. The van der Waals surface area contributed by atoms with Gasteiger partial charge in [-0.05, 0) is 37.1 Å². The summed E-state index contributed by atoms with van der Waals surface area (Å²) in [5, 5.41) is 2.75. The molecule has 6 heteroatoms. The molecule has 0 radical (unpaired) electrons. The van der Waals surface area contributed by atoms with Gasteiger partial charge in [0.1, 0.15) is 0 Å². The Balaban J connectivity index is 1.68. The van der Waals surface area contributed by atoms with Gasteiger partial charge in [-0.25, -0.2) is 0 Å². The Morgan fingerprint density at radius 1 is 1.29 bits per heavy atom. The van der Waals surface area contributed by atoms with Crippen LogP contribution in [0.15, 0.2) is 36.5 Å². The van der Waals surface area contributed by atoms with Crippen molar-refractivity contribution in [2.24, 2.45) is 7.05 Å². The van der Waals surface area contributed by atoms with Crippen molar-refractivity contribution in [2.45, 2.75) is 18.9 Å². The van der Waals surface area contributed by atoms with Crippen molar-refractivity contribution in [3.8, 4) is 5.75 Å². The highest BCUT2D eigenvalue weighted by Crippen LogP contribution is 2.37. The zero-order chi connectivity index (χ0) is 16.7. The molecular weight excluding hydrogens is 306 g/mol. The lowest BCUT2D eigenvalue weighted by Gasteiger charge is -2.27. The third-order valence-corrected chi connectivity index (χ3v) is 4.71. The molecule has 3 heterocycles. The third-order valence-electron chi connectivity index (χ3n) is 4.71. The van der Waals surface area contributed by atoms with Crippen LogP contribution in [0.3, 0.4) is 0 Å². The molecule has 0 bridgehead atoms. The summed E-state index contributed by atoms with van der Waals surface area (Å²) < 4.78 is 7.60. The Labute approximate surface area is 140 Å². The molecule has 2 aliphatic heterocycles. The zero-order valence-corrected chi connectivity index (χ0v) is 13.5. The van der Waals surface area contributed by atoms with Gasteiger partial charge in [0, 0.05) is 25.5 Å². The van der Waals surface area contributed by atoms with E-state index < -0.39 is 0 Å². The van der Waals surface area contributed by atoms with E-state index in [9.17, 15) is 9.59 Å². The quantitative estimate of drug-likeness (QED) is 0.922. The molecule has 1 atom stereocenters. The number of rotatable bonds is 2. The van der Waals surface area contributed by atoms with Gasteiger partial charge in [-0.2, -0.15) is 0 Å². The van der Waals surface area contributed by atoms with Crippen molar-refractivity contribution in [1.82, 2.24) is 9.47 Å². The topological polar surface area (TPSA) is 63.6 Å². The van der Waals surface area contributed by atoms with E-state index in [2.05, 4.69) is 16.0 Å². The molecule has 24 heavy (non-hydrogen) atoms. The van der Waals surface area contributed by atoms with Crippen molar-refractivity contribution in [1.29, 1.82) is 0 Å². The van der Waals surface area contributed by atoms with Crippen LogP contribution in [0.2, 0.25) is 0 Å². The van der Waals surface area contributed by atoms with Gasteiger partial charge in [-0.15, -0.1) is 0 Å². The summed E-state index contributed by atoms with van der Waals surface area (Å²) in [6, 6.07) is 9.42. The van der Waals surface area contributed by atoms with Crippen LogP contribution in [-0.4, -0.2) is 34.4 Å². The van der Waals surface area contributed by atoms with Crippen LogP contribution in [0.5, 0.6) is 5.75 Å². The Hall–Kier alpha value is -2.76. The maximum absolute atomic E-state index is 13.1. The van der Waals surface area contributed by atoms with Crippen molar-refractivity contribution < 1.29 is 14.3 Å². The molecule has 0 aliphatic carbocycles. The number of anilines is 1. The van der Waals surface area contributed by atoms with Gasteiger partial charge in [-0.1, -0.05) is 6.07 Å². The number of carbonyl (C=O) groups is 2. The minimum Gasteiger partial charge on any atom is -0.481 e. The van der Waals surface area contributed by atoms with E-state index in [0.717, 1.165) is 25.1 Å². The lowest BCUT2D eigenvalue weighted by Crippen LogP contribution is -2.33. The second kappa shape index (κ2) is 5.70. The lowest BCUT2D eigenvalue weighted by molar-refractivity contribution is -0.118. The Bertz CT molecular complexity index is 812. The number of fused-ring (bicyclic) bond motifs is 1. The fraction of sp³-hybridized carbons (Fsp3) is 0.333. The average molecular weight is 325 g/mol. The second-order valence-corrected chi connectivity index (χ2v) is 6.22. The molecule has 0 spiro atoms. The van der Waals surface area contributed by atoms with E-state index in [1.807, 2.05) is 24.2 Å². The molecule has 1 unspecified atom stereocenters. The first-order valence-corrected chi connectivity index (χ1v) is 8.13. The average Bonchev–Trinajstić information content (AvgIpc) is 3.21. The molecular formula is C18H19N3O3. The molecule has 1 N–H and O–H groups in total. The van der Waals surface area contributed by atoms with Crippen LogP contribution in [0.1, 0.15) is 34.9 Å². The SMILES string of the molecule is Cn1cccc1C1CCCN1C(=O)c1cccc2c1OCC(=O)N2. The maximum atomic E-state index is 13.1. The molecule has 1 aromatic carbocycles. The van der Waals surface area contributed by atoms with Crippen LogP contribution in [0, 0.1) is 0 Å². The minimum absolute atomic E-state index is 0.0494. The number of aryl methyl sites for hydroxylation is 1.